The van der Waals surface area contributed by atoms with Crippen molar-refractivity contribution in [3.63, 3.8) is 0 Å². The van der Waals surface area contributed by atoms with Crippen LogP contribution in [0.1, 0.15) is 50.5 Å². The van der Waals surface area contributed by atoms with E-state index in [1.807, 2.05) is 48.4 Å². The molecule has 1 saturated heterocycles. The predicted octanol–water partition coefficient (Wildman–Crippen LogP) is 4.11. The molecule has 2 heterocycles. The fraction of sp³-hybridized carbons (Fsp3) is 0.310. The van der Waals surface area contributed by atoms with Crippen LogP contribution in [0.5, 0.6) is 0 Å². The Labute approximate surface area is 237 Å². The Morgan fingerprint density at radius 3 is 2.35 bits per heavy atom. The second kappa shape index (κ2) is 13.1. The minimum Gasteiger partial charge on any atom is -0.481 e. The molecule has 1 aliphatic rings. The van der Waals surface area contributed by atoms with Gasteiger partial charge in [-0.2, -0.15) is 0 Å². The van der Waals surface area contributed by atoms with Gasteiger partial charge in [-0.25, -0.2) is 4.79 Å². The summed E-state index contributed by atoms with van der Waals surface area (Å²) in [6, 6.07) is 14.9. The number of benzene rings is 2. The summed E-state index contributed by atoms with van der Waals surface area (Å²) in [6.45, 7) is 6.32. The lowest BCUT2D eigenvalue weighted by atomic mass is 10.0. The number of carboxylic acid groups (broad SMARTS) is 1. The summed E-state index contributed by atoms with van der Waals surface area (Å²) in [4.78, 5) is 54.6. The van der Waals surface area contributed by atoms with E-state index in [0.717, 1.165) is 11.3 Å². The van der Waals surface area contributed by atoms with E-state index in [1.165, 1.54) is 11.3 Å². The number of urea groups is 1. The second-order valence-corrected chi connectivity index (χ2v) is 10.5. The third kappa shape index (κ3) is 7.17. The first kappa shape index (κ1) is 28.6. The number of rotatable bonds is 9. The number of nitrogens with zero attached hydrogens (tertiary/aromatic N) is 2. The molecule has 1 atom stereocenters. The zero-order valence-electron chi connectivity index (χ0n) is 22.5. The van der Waals surface area contributed by atoms with Gasteiger partial charge in [0.1, 0.15) is 0 Å². The van der Waals surface area contributed by atoms with Crippen LogP contribution in [-0.4, -0.2) is 66.5 Å². The molecule has 1 unspecified atom stereocenters. The number of aryl methyl sites for hydroxylation is 1. The first-order valence-electron chi connectivity index (χ1n) is 13.1. The number of thiophene rings is 1. The third-order valence-corrected chi connectivity index (χ3v) is 7.51. The largest absolute Gasteiger partial charge is 0.481 e. The number of carbonyl (C=O) groups excluding carboxylic acids is 3. The summed E-state index contributed by atoms with van der Waals surface area (Å²) in [7, 11) is 0. The van der Waals surface area contributed by atoms with Gasteiger partial charge in [0.15, 0.2) is 0 Å². The Hall–Kier alpha value is -4.38. The average Bonchev–Trinajstić information content (AvgIpc) is 3.48. The quantitative estimate of drug-likeness (QED) is 0.310. The molecule has 0 spiro atoms. The number of aliphatic carboxylic acids is 1. The lowest BCUT2D eigenvalue weighted by Gasteiger charge is -2.37. The van der Waals surface area contributed by atoms with Crippen molar-refractivity contribution in [3.8, 4) is 0 Å². The average molecular weight is 564 g/mol. The number of hydrogen-bond acceptors (Lipinski definition) is 6. The molecule has 40 heavy (non-hydrogen) atoms. The van der Waals surface area contributed by atoms with E-state index in [1.54, 1.807) is 30.3 Å². The third-order valence-electron chi connectivity index (χ3n) is 6.65. The number of carboxylic acids is 1. The van der Waals surface area contributed by atoms with Crippen LogP contribution in [0.4, 0.5) is 16.2 Å². The van der Waals surface area contributed by atoms with Crippen LogP contribution in [0.25, 0.3) is 0 Å². The van der Waals surface area contributed by atoms with E-state index in [0.29, 0.717) is 48.9 Å². The van der Waals surface area contributed by atoms with E-state index in [9.17, 15) is 24.3 Å². The highest BCUT2D eigenvalue weighted by atomic mass is 32.1. The Kier molecular flexibility index (Phi) is 9.39. The molecule has 0 radical (unpaired) electrons. The van der Waals surface area contributed by atoms with Crippen molar-refractivity contribution in [2.75, 3.05) is 42.9 Å². The topological polar surface area (TPSA) is 131 Å². The second-order valence-electron chi connectivity index (χ2n) is 9.51. The molecule has 0 saturated carbocycles. The summed E-state index contributed by atoms with van der Waals surface area (Å²) >= 11 is 1.42. The first-order chi connectivity index (χ1) is 19.2. The van der Waals surface area contributed by atoms with Crippen molar-refractivity contribution in [2.24, 2.45) is 0 Å². The lowest BCUT2D eigenvalue weighted by molar-refractivity contribution is -0.137. The number of carbonyl (C=O) groups is 4. The molecule has 210 valence electrons. The van der Waals surface area contributed by atoms with Crippen molar-refractivity contribution in [3.05, 3.63) is 81.5 Å². The van der Waals surface area contributed by atoms with Crippen molar-refractivity contribution in [2.45, 2.75) is 26.3 Å². The molecule has 4 N–H and O–H groups in total. The Morgan fingerprint density at radius 2 is 1.73 bits per heavy atom. The van der Waals surface area contributed by atoms with Crippen molar-refractivity contribution in [1.29, 1.82) is 0 Å². The summed E-state index contributed by atoms with van der Waals surface area (Å²) in [5, 5.41) is 19.7. The highest BCUT2D eigenvalue weighted by Crippen LogP contribution is 2.29. The van der Waals surface area contributed by atoms with Gasteiger partial charge in [0.05, 0.1) is 28.7 Å². The van der Waals surface area contributed by atoms with Crippen LogP contribution in [0, 0.1) is 6.92 Å². The van der Waals surface area contributed by atoms with Gasteiger partial charge in [0.2, 0.25) is 0 Å². The van der Waals surface area contributed by atoms with Crippen LogP contribution in [-0.2, 0) is 4.79 Å². The van der Waals surface area contributed by atoms with E-state index >= 15 is 0 Å². The standard InChI is InChI=1S/C29H33N5O5S/c1-3-30-29(39)32-23-17-21(27(37)31-22(18-26(35)36)20-8-6-19(2)7-9-20)10-11-24(23)33-12-14-34(15-13-33)28(38)25-5-4-16-40-25/h4-11,16-17,22H,3,12-15,18H2,1-2H3,(H,31,37)(H,35,36)(H2,30,32,39). The van der Waals surface area contributed by atoms with Gasteiger partial charge in [-0.3, -0.25) is 14.4 Å². The molecule has 3 aromatic rings. The van der Waals surface area contributed by atoms with Crippen LogP contribution in [0.2, 0.25) is 0 Å². The minimum absolute atomic E-state index is 0.00633. The molecule has 1 aliphatic heterocycles. The molecule has 0 bridgehead atoms. The Balaban J connectivity index is 1.53. The maximum atomic E-state index is 13.3. The van der Waals surface area contributed by atoms with Crippen LogP contribution in [0.3, 0.4) is 0 Å². The summed E-state index contributed by atoms with van der Waals surface area (Å²) in [6.07, 6.45) is -0.272. The summed E-state index contributed by atoms with van der Waals surface area (Å²) < 4.78 is 0. The van der Waals surface area contributed by atoms with Gasteiger partial charge >= 0.3 is 12.0 Å². The maximum Gasteiger partial charge on any atom is 0.319 e. The fourth-order valence-electron chi connectivity index (χ4n) is 4.55. The van der Waals surface area contributed by atoms with E-state index in [4.69, 9.17) is 0 Å². The lowest BCUT2D eigenvalue weighted by Crippen LogP contribution is -2.49. The van der Waals surface area contributed by atoms with Crippen molar-refractivity contribution in [1.82, 2.24) is 15.5 Å². The van der Waals surface area contributed by atoms with Gasteiger partial charge in [-0.05, 0) is 49.1 Å². The molecule has 2 aromatic carbocycles. The van der Waals surface area contributed by atoms with Gasteiger partial charge < -0.3 is 30.9 Å². The molecule has 1 fully saturated rings. The molecule has 11 heteroatoms. The van der Waals surface area contributed by atoms with Crippen LogP contribution < -0.4 is 20.9 Å². The van der Waals surface area contributed by atoms with Crippen LogP contribution in [0.15, 0.2) is 60.0 Å². The first-order valence-corrected chi connectivity index (χ1v) is 14.0. The Bertz CT molecular complexity index is 1350. The molecule has 4 rings (SSSR count). The van der Waals surface area contributed by atoms with Gasteiger partial charge in [-0.1, -0.05) is 35.9 Å². The zero-order valence-corrected chi connectivity index (χ0v) is 23.3. The van der Waals surface area contributed by atoms with E-state index in [-0.39, 0.29) is 17.9 Å². The minimum atomic E-state index is -1.03. The molecule has 10 nitrogen and oxygen atoms in total. The Morgan fingerprint density at radius 1 is 1.00 bits per heavy atom. The summed E-state index contributed by atoms with van der Waals surface area (Å²) in [5.41, 5.74) is 3.17. The molecular formula is C29H33N5O5S. The van der Waals surface area contributed by atoms with Crippen LogP contribution >= 0.6 is 11.3 Å². The number of hydrogen-bond donors (Lipinski definition) is 4. The number of piperazine rings is 1. The van der Waals surface area contributed by atoms with Crippen molar-refractivity contribution >= 4 is 46.5 Å². The molecule has 1 aromatic heterocycles. The maximum absolute atomic E-state index is 13.3. The monoisotopic (exact) mass is 563 g/mol. The fourth-order valence-corrected chi connectivity index (χ4v) is 5.24. The number of anilines is 2. The van der Waals surface area contributed by atoms with Gasteiger partial charge in [-0.15, -0.1) is 11.3 Å². The molecule has 4 amide bonds. The van der Waals surface area contributed by atoms with Gasteiger partial charge in [0.25, 0.3) is 11.8 Å². The normalized spacial score (nSPS) is 13.8. The summed E-state index contributed by atoms with van der Waals surface area (Å²) in [5.74, 6) is -1.48. The number of amides is 4. The number of nitrogens with one attached hydrogen (secondary N) is 3. The molecular weight excluding hydrogens is 530 g/mol. The molecule has 0 aliphatic carbocycles. The zero-order chi connectivity index (χ0) is 28.6. The highest BCUT2D eigenvalue weighted by Gasteiger charge is 2.26. The SMILES string of the molecule is CCNC(=O)Nc1cc(C(=O)NC(CC(=O)O)c2ccc(C)cc2)ccc1N1CCN(C(=O)c2cccs2)CC1. The van der Waals surface area contributed by atoms with E-state index in [2.05, 4.69) is 20.9 Å². The predicted molar refractivity (Wildman–Crippen MR) is 155 cm³/mol. The highest BCUT2D eigenvalue weighted by molar-refractivity contribution is 7.12. The van der Waals surface area contributed by atoms with Crippen molar-refractivity contribution < 1.29 is 24.3 Å². The van der Waals surface area contributed by atoms with Gasteiger partial charge in [0, 0.05) is 38.3 Å². The van der Waals surface area contributed by atoms with E-state index < -0.39 is 23.9 Å². The smallest absolute Gasteiger partial charge is 0.319 e.